The molecule has 0 spiro atoms. The standard InChI is InChI=1S/C8H14N2S2/c1-2-3-4-11-5-7-6-12-8(9)10-7/h6H,2-5H2,1H3,(H2,9,10). The van der Waals surface area contributed by atoms with E-state index in [1.54, 1.807) is 0 Å². The first kappa shape index (κ1) is 9.86. The van der Waals surface area contributed by atoms with E-state index < -0.39 is 0 Å². The molecule has 1 heterocycles. The van der Waals surface area contributed by atoms with Crippen molar-refractivity contribution in [2.24, 2.45) is 0 Å². The highest BCUT2D eigenvalue weighted by Crippen LogP contribution is 2.17. The summed E-state index contributed by atoms with van der Waals surface area (Å²) in [5.41, 5.74) is 6.63. The molecular formula is C8H14N2S2. The van der Waals surface area contributed by atoms with Gasteiger partial charge in [0.25, 0.3) is 0 Å². The average molecular weight is 202 g/mol. The molecule has 2 nitrogen and oxygen atoms in total. The summed E-state index contributed by atoms with van der Waals surface area (Å²) >= 11 is 3.45. The van der Waals surface area contributed by atoms with Gasteiger partial charge in [-0.05, 0) is 12.2 Å². The highest BCUT2D eigenvalue weighted by atomic mass is 32.2. The summed E-state index contributed by atoms with van der Waals surface area (Å²) in [6.07, 6.45) is 2.57. The molecule has 0 aromatic carbocycles. The van der Waals surface area contributed by atoms with Crippen LogP contribution in [-0.2, 0) is 5.75 Å². The molecule has 0 atom stereocenters. The van der Waals surface area contributed by atoms with E-state index in [0.29, 0.717) is 5.13 Å². The Hall–Kier alpha value is -0.220. The van der Waals surface area contributed by atoms with E-state index in [1.807, 2.05) is 17.1 Å². The topological polar surface area (TPSA) is 38.9 Å². The van der Waals surface area contributed by atoms with Gasteiger partial charge < -0.3 is 5.73 Å². The van der Waals surface area contributed by atoms with E-state index in [9.17, 15) is 0 Å². The van der Waals surface area contributed by atoms with Gasteiger partial charge in [0.2, 0.25) is 0 Å². The molecule has 0 saturated carbocycles. The second-order valence-corrected chi connectivity index (χ2v) is 4.58. The number of anilines is 1. The Balaban J connectivity index is 2.15. The predicted octanol–water partition coefficient (Wildman–Crippen LogP) is 2.76. The third-order valence-corrected chi connectivity index (χ3v) is 3.26. The van der Waals surface area contributed by atoms with E-state index in [1.165, 1.54) is 29.9 Å². The molecule has 0 unspecified atom stereocenters. The minimum Gasteiger partial charge on any atom is -0.375 e. The smallest absolute Gasteiger partial charge is 0.180 e. The fourth-order valence-electron chi connectivity index (χ4n) is 0.812. The van der Waals surface area contributed by atoms with Gasteiger partial charge in [0, 0.05) is 11.1 Å². The molecule has 0 aliphatic heterocycles. The molecule has 1 rings (SSSR count). The van der Waals surface area contributed by atoms with Crippen molar-refractivity contribution < 1.29 is 0 Å². The highest BCUT2D eigenvalue weighted by molar-refractivity contribution is 7.98. The van der Waals surface area contributed by atoms with Crippen LogP contribution in [-0.4, -0.2) is 10.7 Å². The first-order chi connectivity index (χ1) is 5.83. The highest BCUT2D eigenvalue weighted by Gasteiger charge is 1.97. The van der Waals surface area contributed by atoms with Crippen LogP contribution >= 0.6 is 23.1 Å². The summed E-state index contributed by atoms with van der Waals surface area (Å²) in [6, 6.07) is 0. The molecule has 1 aromatic heterocycles. The number of rotatable bonds is 5. The number of thiazole rings is 1. The maximum atomic E-state index is 5.51. The molecule has 0 fully saturated rings. The Kier molecular flexibility index (Phi) is 4.46. The van der Waals surface area contributed by atoms with E-state index in [0.717, 1.165) is 11.4 Å². The van der Waals surface area contributed by atoms with Gasteiger partial charge in [0.15, 0.2) is 5.13 Å². The molecule has 0 amide bonds. The maximum absolute atomic E-state index is 5.51. The molecule has 0 aliphatic carbocycles. The van der Waals surface area contributed by atoms with Crippen molar-refractivity contribution in [3.05, 3.63) is 11.1 Å². The van der Waals surface area contributed by atoms with Gasteiger partial charge in [-0.15, -0.1) is 11.3 Å². The maximum Gasteiger partial charge on any atom is 0.180 e. The second kappa shape index (κ2) is 5.43. The Morgan fingerprint density at radius 1 is 1.67 bits per heavy atom. The van der Waals surface area contributed by atoms with E-state index in [-0.39, 0.29) is 0 Å². The van der Waals surface area contributed by atoms with Crippen LogP contribution in [0.3, 0.4) is 0 Å². The quantitative estimate of drug-likeness (QED) is 0.746. The number of unbranched alkanes of at least 4 members (excludes halogenated alkanes) is 1. The van der Waals surface area contributed by atoms with Crippen LogP contribution in [0.5, 0.6) is 0 Å². The SMILES string of the molecule is CCCCSCc1csc(N)n1. The van der Waals surface area contributed by atoms with Crippen molar-refractivity contribution >= 4 is 28.2 Å². The number of hydrogen-bond donors (Lipinski definition) is 1. The Labute approximate surface area is 81.6 Å². The van der Waals surface area contributed by atoms with Crippen LogP contribution < -0.4 is 5.73 Å². The van der Waals surface area contributed by atoms with E-state index in [2.05, 4.69) is 11.9 Å². The zero-order chi connectivity index (χ0) is 8.81. The number of hydrogen-bond acceptors (Lipinski definition) is 4. The summed E-state index contributed by atoms with van der Waals surface area (Å²) in [4.78, 5) is 4.18. The van der Waals surface area contributed by atoms with E-state index in [4.69, 9.17) is 5.73 Å². The van der Waals surface area contributed by atoms with Gasteiger partial charge in [-0.1, -0.05) is 13.3 Å². The van der Waals surface area contributed by atoms with Crippen LogP contribution in [0.4, 0.5) is 5.13 Å². The van der Waals surface area contributed by atoms with Crippen molar-refractivity contribution in [3.8, 4) is 0 Å². The third-order valence-electron chi connectivity index (χ3n) is 1.46. The van der Waals surface area contributed by atoms with Gasteiger partial charge in [-0.2, -0.15) is 11.8 Å². The fourth-order valence-corrected chi connectivity index (χ4v) is 2.47. The number of thioether (sulfide) groups is 1. The third kappa shape index (κ3) is 3.45. The summed E-state index contributed by atoms with van der Waals surface area (Å²) in [6.45, 7) is 2.21. The number of nitrogens with two attached hydrogens (primary N) is 1. The average Bonchev–Trinajstić information content (AvgIpc) is 2.45. The van der Waals surface area contributed by atoms with E-state index >= 15 is 0 Å². The van der Waals surface area contributed by atoms with Gasteiger partial charge in [-0.3, -0.25) is 0 Å². The lowest BCUT2D eigenvalue weighted by Crippen LogP contribution is -1.86. The molecule has 0 saturated heterocycles. The number of nitrogen functional groups attached to an aromatic ring is 1. The van der Waals surface area contributed by atoms with Crippen LogP contribution in [0.15, 0.2) is 5.38 Å². The minimum atomic E-state index is 0.682. The van der Waals surface area contributed by atoms with Gasteiger partial charge in [-0.25, -0.2) is 4.98 Å². The zero-order valence-electron chi connectivity index (χ0n) is 7.25. The van der Waals surface area contributed by atoms with Crippen molar-refractivity contribution in [3.63, 3.8) is 0 Å². The zero-order valence-corrected chi connectivity index (χ0v) is 8.88. The lowest BCUT2D eigenvalue weighted by molar-refractivity contribution is 0.896. The molecule has 68 valence electrons. The van der Waals surface area contributed by atoms with Gasteiger partial charge in [0.05, 0.1) is 5.69 Å². The summed E-state index contributed by atoms with van der Waals surface area (Å²) in [5, 5.41) is 2.72. The predicted molar refractivity (Wildman–Crippen MR) is 57.6 cm³/mol. The number of nitrogens with zero attached hydrogens (tertiary/aromatic N) is 1. The van der Waals surface area contributed by atoms with Crippen LogP contribution in [0.2, 0.25) is 0 Å². The molecule has 0 aliphatic rings. The lowest BCUT2D eigenvalue weighted by Gasteiger charge is -1.95. The monoisotopic (exact) mass is 202 g/mol. The normalized spacial score (nSPS) is 10.4. The largest absolute Gasteiger partial charge is 0.375 e. The molecule has 0 bridgehead atoms. The molecule has 0 radical (unpaired) electrons. The van der Waals surface area contributed by atoms with Crippen LogP contribution in [0.1, 0.15) is 25.5 Å². The van der Waals surface area contributed by atoms with Crippen LogP contribution in [0.25, 0.3) is 0 Å². The first-order valence-electron chi connectivity index (χ1n) is 4.10. The molecule has 12 heavy (non-hydrogen) atoms. The first-order valence-corrected chi connectivity index (χ1v) is 6.14. The van der Waals surface area contributed by atoms with Gasteiger partial charge >= 0.3 is 0 Å². The minimum absolute atomic E-state index is 0.682. The molecule has 4 heteroatoms. The van der Waals surface area contributed by atoms with Crippen LogP contribution in [0, 0.1) is 0 Å². The molecule has 1 aromatic rings. The molecular weight excluding hydrogens is 188 g/mol. The Bertz CT molecular complexity index is 223. The Morgan fingerprint density at radius 3 is 3.08 bits per heavy atom. The Morgan fingerprint density at radius 2 is 2.50 bits per heavy atom. The summed E-state index contributed by atoms with van der Waals surface area (Å²) in [7, 11) is 0. The van der Waals surface area contributed by atoms with Gasteiger partial charge in [0.1, 0.15) is 0 Å². The van der Waals surface area contributed by atoms with Crippen molar-refractivity contribution in [2.75, 3.05) is 11.5 Å². The van der Waals surface area contributed by atoms with Crippen molar-refractivity contribution in [2.45, 2.75) is 25.5 Å². The molecule has 2 N–H and O–H groups in total. The lowest BCUT2D eigenvalue weighted by atomic mass is 10.4. The van der Waals surface area contributed by atoms with Crippen molar-refractivity contribution in [1.82, 2.24) is 4.98 Å². The number of aromatic nitrogens is 1. The fraction of sp³-hybridized carbons (Fsp3) is 0.625. The summed E-state index contributed by atoms with van der Waals surface area (Å²) in [5.74, 6) is 2.24. The van der Waals surface area contributed by atoms with Crippen molar-refractivity contribution in [1.29, 1.82) is 0 Å². The second-order valence-electron chi connectivity index (χ2n) is 2.58. The summed E-state index contributed by atoms with van der Waals surface area (Å²) < 4.78 is 0.